The maximum absolute atomic E-state index is 6.04. The molecule has 1 aliphatic rings. The van der Waals surface area contributed by atoms with Gasteiger partial charge in [-0.1, -0.05) is 30.9 Å². The second kappa shape index (κ2) is 5.19. The van der Waals surface area contributed by atoms with Crippen molar-refractivity contribution in [2.75, 3.05) is 0 Å². The highest BCUT2D eigenvalue weighted by Crippen LogP contribution is 2.34. The first-order chi connectivity index (χ1) is 7.76. The van der Waals surface area contributed by atoms with Crippen molar-refractivity contribution in [1.82, 2.24) is 0 Å². The van der Waals surface area contributed by atoms with Crippen LogP contribution in [-0.2, 0) is 9.47 Å². The fraction of sp³-hybridized carbons (Fsp3) is 0.600. The minimum Gasteiger partial charge on any atom is -0.339 e. The smallest absolute Gasteiger partial charge is 0.188 e. The van der Waals surface area contributed by atoms with Crippen LogP contribution < -0.4 is 0 Å². The molecule has 0 unspecified atom stereocenters. The van der Waals surface area contributed by atoms with Crippen molar-refractivity contribution in [2.45, 2.75) is 58.5 Å². The monoisotopic (exact) mass is 236 g/mol. The molecule has 0 spiro atoms. The summed E-state index contributed by atoms with van der Waals surface area (Å²) in [5.74, 6) is -0.746. The first-order valence-corrected chi connectivity index (χ1v) is 6.08. The molecule has 1 rings (SSSR count). The fourth-order valence-corrected chi connectivity index (χ4v) is 1.89. The molecular formula is C15H24O2. The van der Waals surface area contributed by atoms with E-state index in [9.17, 15) is 0 Å². The second-order valence-corrected chi connectivity index (χ2v) is 5.21. The predicted octanol–water partition coefficient (Wildman–Crippen LogP) is 4.00. The molecule has 0 amide bonds. The maximum atomic E-state index is 6.04. The van der Waals surface area contributed by atoms with E-state index in [1.807, 2.05) is 27.7 Å². The van der Waals surface area contributed by atoms with Crippen LogP contribution in [0.1, 0.15) is 40.5 Å². The van der Waals surface area contributed by atoms with Crippen LogP contribution in [0.25, 0.3) is 0 Å². The molecule has 0 bridgehead atoms. The van der Waals surface area contributed by atoms with Crippen LogP contribution in [0.5, 0.6) is 0 Å². The summed E-state index contributed by atoms with van der Waals surface area (Å²) in [6, 6.07) is 0. The lowest BCUT2D eigenvalue weighted by Gasteiger charge is -2.34. The highest BCUT2D eigenvalue weighted by atomic mass is 16.7. The second-order valence-electron chi connectivity index (χ2n) is 5.21. The Morgan fingerprint density at radius 2 is 1.29 bits per heavy atom. The van der Waals surface area contributed by atoms with Crippen LogP contribution in [0, 0.1) is 0 Å². The molecule has 17 heavy (non-hydrogen) atoms. The molecule has 2 heteroatoms. The summed E-state index contributed by atoms with van der Waals surface area (Å²) in [6.07, 6.45) is 1.88. The van der Waals surface area contributed by atoms with Gasteiger partial charge < -0.3 is 9.47 Å². The summed E-state index contributed by atoms with van der Waals surface area (Å²) >= 11 is 0. The Kier molecular flexibility index (Phi) is 4.34. The van der Waals surface area contributed by atoms with E-state index in [1.54, 1.807) is 0 Å². The molecule has 0 aliphatic carbocycles. The van der Waals surface area contributed by atoms with Gasteiger partial charge in [-0.15, -0.1) is 0 Å². The standard InChI is InChI=1S/C15H24O2/c1-10(2)13-8-9-14(11(3)4)17-15(7,16-13)12(5)6/h13-14H,1,3,5,8-9H2,2,4,6-7H3/t13-,14-/m0/s1. The quantitative estimate of drug-likeness (QED) is 0.690. The Labute approximate surface area is 105 Å². The van der Waals surface area contributed by atoms with Gasteiger partial charge in [0.25, 0.3) is 0 Å². The summed E-state index contributed by atoms with van der Waals surface area (Å²) in [5, 5.41) is 0. The topological polar surface area (TPSA) is 18.5 Å². The van der Waals surface area contributed by atoms with Crippen LogP contribution in [0.2, 0.25) is 0 Å². The van der Waals surface area contributed by atoms with E-state index in [2.05, 4.69) is 19.7 Å². The van der Waals surface area contributed by atoms with Gasteiger partial charge in [-0.2, -0.15) is 0 Å². The minimum absolute atomic E-state index is 0.0287. The van der Waals surface area contributed by atoms with Crippen molar-refractivity contribution in [3.63, 3.8) is 0 Å². The summed E-state index contributed by atoms with van der Waals surface area (Å²) < 4.78 is 12.1. The van der Waals surface area contributed by atoms with Crippen molar-refractivity contribution in [1.29, 1.82) is 0 Å². The van der Waals surface area contributed by atoms with Gasteiger partial charge in [-0.25, -0.2) is 0 Å². The van der Waals surface area contributed by atoms with E-state index >= 15 is 0 Å². The number of ether oxygens (including phenoxy) is 2. The third-order valence-electron chi connectivity index (χ3n) is 3.30. The maximum Gasteiger partial charge on any atom is 0.188 e. The van der Waals surface area contributed by atoms with Gasteiger partial charge in [0.05, 0.1) is 12.2 Å². The molecule has 0 N–H and O–H groups in total. The van der Waals surface area contributed by atoms with Crippen LogP contribution in [0.3, 0.4) is 0 Å². The van der Waals surface area contributed by atoms with E-state index in [4.69, 9.17) is 9.47 Å². The summed E-state index contributed by atoms with van der Waals surface area (Å²) in [7, 11) is 0. The van der Waals surface area contributed by atoms with Gasteiger partial charge in [-0.05, 0) is 46.1 Å². The molecule has 1 saturated heterocycles. The molecule has 2 atom stereocenters. The van der Waals surface area contributed by atoms with Gasteiger partial charge >= 0.3 is 0 Å². The highest BCUT2D eigenvalue weighted by molar-refractivity contribution is 5.11. The average molecular weight is 236 g/mol. The molecule has 96 valence electrons. The van der Waals surface area contributed by atoms with Crippen molar-refractivity contribution in [3.8, 4) is 0 Å². The lowest BCUT2D eigenvalue weighted by atomic mass is 10.0. The molecule has 0 aromatic rings. The summed E-state index contributed by atoms with van der Waals surface area (Å²) in [6.45, 7) is 19.8. The van der Waals surface area contributed by atoms with E-state index < -0.39 is 5.79 Å². The fourth-order valence-electron chi connectivity index (χ4n) is 1.89. The minimum atomic E-state index is -0.746. The average Bonchev–Trinajstić information content (AvgIpc) is 2.38. The van der Waals surface area contributed by atoms with Gasteiger partial charge in [0.15, 0.2) is 5.79 Å². The first-order valence-electron chi connectivity index (χ1n) is 6.08. The summed E-state index contributed by atoms with van der Waals surface area (Å²) in [5.41, 5.74) is 2.93. The zero-order valence-corrected chi connectivity index (χ0v) is 11.5. The van der Waals surface area contributed by atoms with E-state index in [0.29, 0.717) is 0 Å². The normalized spacial score (nSPS) is 28.2. The lowest BCUT2D eigenvalue weighted by molar-refractivity contribution is -0.216. The molecule has 0 saturated carbocycles. The molecular weight excluding hydrogens is 212 g/mol. The third-order valence-corrected chi connectivity index (χ3v) is 3.30. The molecule has 1 aliphatic heterocycles. The third kappa shape index (κ3) is 3.30. The van der Waals surface area contributed by atoms with E-state index in [0.717, 1.165) is 29.6 Å². The Bertz CT molecular complexity index is 317. The van der Waals surface area contributed by atoms with Gasteiger partial charge in [0.1, 0.15) is 0 Å². The van der Waals surface area contributed by atoms with Crippen molar-refractivity contribution in [3.05, 3.63) is 36.5 Å². The molecule has 0 radical (unpaired) electrons. The van der Waals surface area contributed by atoms with Gasteiger partial charge in [-0.3, -0.25) is 0 Å². The zero-order valence-electron chi connectivity index (χ0n) is 11.5. The van der Waals surface area contributed by atoms with E-state index in [-0.39, 0.29) is 12.2 Å². The van der Waals surface area contributed by atoms with Gasteiger partial charge in [0.2, 0.25) is 0 Å². The van der Waals surface area contributed by atoms with Crippen molar-refractivity contribution in [2.24, 2.45) is 0 Å². The molecule has 1 fully saturated rings. The zero-order chi connectivity index (χ0) is 13.2. The van der Waals surface area contributed by atoms with Crippen LogP contribution in [0.4, 0.5) is 0 Å². The molecule has 2 nitrogen and oxygen atoms in total. The Hall–Kier alpha value is -0.860. The number of hydrogen-bond acceptors (Lipinski definition) is 2. The lowest BCUT2D eigenvalue weighted by Crippen LogP contribution is -2.38. The summed E-state index contributed by atoms with van der Waals surface area (Å²) in [4.78, 5) is 0. The largest absolute Gasteiger partial charge is 0.339 e. The Morgan fingerprint density at radius 1 is 0.941 bits per heavy atom. The number of hydrogen-bond donors (Lipinski definition) is 0. The SMILES string of the molecule is C=C(C)[C@@H]1CC[C@@H](C(=C)C)OC(C)(C(=C)C)O1. The first kappa shape index (κ1) is 14.2. The molecule has 0 aromatic carbocycles. The molecule has 1 heterocycles. The van der Waals surface area contributed by atoms with Gasteiger partial charge in [0, 0.05) is 0 Å². The molecule has 0 aromatic heterocycles. The van der Waals surface area contributed by atoms with Crippen molar-refractivity contribution < 1.29 is 9.47 Å². The van der Waals surface area contributed by atoms with Crippen molar-refractivity contribution >= 4 is 0 Å². The predicted molar refractivity (Wildman–Crippen MR) is 71.8 cm³/mol. The number of rotatable bonds is 3. The Balaban J connectivity index is 2.98. The highest BCUT2D eigenvalue weighted by Gasteiger charge is 2.37. The van der Waals surface area contributed by atoms with Crippen LogP contribution in [0.15, 0.2) is 36.5 Å². The Morgan fingerprint density at radius 3 is 1.53 bits per heavy atom. The van der Waals surface area contributed by atoms with Crippen LogP contribution >= 0.6 is 0 Å². The van der Waals surface area contributed by atoms with E-state index in [1.165, 1.54) is 0 Å². The van der Waals surface area contributed by atoms with Crippen LogP contribution in [-0.4, -0.2) is 18.0 Å².